The highest BCUT2D eigenvalue weighted by Gasteiger charge is 2.34. The van der Waals surface area contributed by atoms with Gasteiger partial charge in [0, 0.05) is 30.4 Å². The molecule has 2 aromatic heterocycles. The minimum absolute atomic E-state index is 0.0817. The third-order valence-corrected chi connectivity index (χ3v) is 4.11. The molecule has 1 aliphatic rings. The van der Waals surface area contributed by atoms with Crippen LogP contribution in [0, 0.1) is 6.92 Å². The molecule has 122 valence electrons. The van der Waals surface area contributed by atoms with Crippen molar-refractivity contribution in [3.05, 3.63) is 65.8 Å². The summed E-state index contributed by atoms with van der Waals surface area (Å²) in [5, 5.41) is 8.25. The molecular formula is C18H18N4O2. The minimum atomic E-state index is -0.0817. The molecule has 0 radical (unpaired) electrons. The predicted molar refractivity (Wildman–Crippen MR) is 87.7 cm³/mol. The number of amides is 1. The maximum absolute atomic E-state index is 12.7. The average Bonchev–Trinajstić information content (AvgIpc) is 3.17. The van der Waals surface area contributed by atoms with Gasteiger partial charge in [0.2, 0.25) is 0 Å². The monoisotopic (exact) mass is 322 g/mol. The Balaban J connectivity index is 1.54. The number of rotatable bonds is 5. The molecule has 4 rings (SSSR count). The first-order valence-corrected chi connectivity index (χ1v) is 8.04. The molecule has 1 amide bonds. The van der Waals surface area contributed by atoms with Gasteiger partial charge in [-0.1, -0.05) is 23.4 Å². The molecular weight excluding hydrogens is 304 g/mol. The van der Waals surface area contributed by atoms with Crippen molar-refractivity contribution in [1.29, 1.82) is 0 Å². The van der Waals surface area contributed by atoms with E-state index in [0.29, 0.717) is 18.0 Å². The number of aromatic nitrogens is 3. The zero-order valence-electron chi connectivity index (χ0n) is 13.4. The van der Waals surface area contributed by atoms with Crippen molar-refractivity contribution in [2.45, 2.75) is 32.4 Å². The van der Waals surface area contributed by atoms with Crippen LogP contribution in [0.2, 0.25) is 0 Å². The number of hydrogen-bond donors (Lipinski definition) is 0. The van der Waals surface area contributed by atoms with Crippen molar-refractivity contribution in [2.24, 2.45) is 0 Å². The standard InChI is InChI=1S/C18H18N4O2/c1-13-9-17(20-24-13)18(23)21(15-7-8-15)11-14-10-19-22(12-14)16-5-3-2-4-6-16/h2-6,9-10,12,15H,7-8,11H2,1H3. The summed E-state index contributed by atoms with van der Waals surface area (Å²) in [6.07, 6.45) is 5.85. The normalized spacial score (nSPS) is 13.9. The molecule has 0 saturated heterocycles. The molecule has 6 heteroatoms. The third kappa shape index (κ3) is 2.95. The number of nitrogens with zero attached hydrogens (tertiary/aromatic N) is 4. The van der Waals surface area contributed by atoms with Crippen LogP contribution in [0.4, 0.5) is 0 Å². The van der Waals surface area contributed by atoms with Gasteiger partial charge in [0.25, 0.3) is 5.91 Å². The summed E-state index contributed by atoms with van der Waals surface area (Å²) in [7, 11) is 0. The first-order valence-electron chi connectivity index (χ1n) is 8.04. The van der Waals surface area contributed by atoms with E-state index in [4.69, 9.17) is 4.52 Å². The van der Waals surface area contributed by atoms with Crippen LogP contribution < -0.4 is 0 Å². The van der Waals surface area contributed by atoms with Gasteiger partial charge in [0.15, 0.2) is 5.69 Å². The van der Waals surface area contributed by atoms with Crippen molar-refractivity contribution in [3.8, 4) is 5.69 Å². The molecule has 0 unspecified atom stereocenters. The number of para-hydroxylation sites is 1. The lowest BCUT2D eigenvalue weighted by Crippen LogP contribution is -2.32. The van der Waals surface area contributed by atoms with Crippen LogP contribution in [0.5, 0.6) is 0 Å². The van der Waals surface area contributed by atoms with Crippen LogP contribution in [-0.4, -0.2) is 31.8 Å². The van der Waals surface area contributed by atoms with E-state index in [-0.39, 0.29) is 11.9 Å². The molecule has 1 aromatic carbocycles. The number of hydrogen-bond acceptors (Lipinski definition) is 4. The smallest absolute Gasteiger partial charge is 0.276 e. The summed E-state index contributed by atoms with van der Waals surface area (Å²) in [6.45, 7) is 2.32. The molecule has 1 aliphatic carbocycles. The van der Waals surface area contributed by atoms with Gasteiger partial charge in [-0.15, -0.1) is 0 Å². The van der Waals surface area contributed by atoms with Crippen LogP contribution in [0.25, 0.3) is 5.69 Å². The number of carbonyl (C=O) groups is 1. The first-order chi connectivity index (χ1) is 11.7. The average molecular weight is 322 g/mol. The molecule has 24 heavy (non-hydrogen) atoms. The summed E-state index contributed by atoms with van der Waals surface area (Å²) in [4.78, 5) is 14.6. The van der Waals surface area contributed by atoms with Gasteiger partial charge in [0.05, 0.1) is 11.9 Å². The zero-order chi connectivity index (χ0) is 16.5. The van der Waals surface area contributed by atoms with Gasteiger partial charge in [-0.25, -0.2) is 4.68 Å². The Morgan fingerprint density at radius 3 is 2.79 bits per heavy atom. The highest BCUT2D eigenvalue weighted by Crippen LogP contribution is 2.29. The molecule has 0 aliphatic heterocycles. The molecule has 0 N–H and O–H groups in total. The fourth-order valence-electron chi connectivity index (χ4n) is 2.73. The summed E-state index contributed by atoms with van der Waals surface area (Å²) >= 11 is 0. The van der Waals surface area contributed by atoms with Crippen molar-refractivity contribution >= 4 is 5.91 Å². The van der Waals surface area contributed by atoms with Crippen molar-refractivity contribution < 1.29 is 9.32 Å². The van der Waals surface area contributed by atoms with Crippen LogP contribution >= 0.6 is 0 Å². The maximum Gasteiger partial charge on any atom is 0.276 e. The SMILES string of the molecule is Cc1cc(C(=O)N(Cc2cnn(-c3ccccc3)c2)C2CC2)no1. The highest BCUT2D eigenvalue weighted by atomic mass is 16.5. The van der Waals surface area contributed by atoms with E-state index in [1.807, 2.05) is 52.3 Å². The van der Waals surface area contributed by atoms with Crippen LogP contribution in [-0.2, 0) is 6.54 Å². The van der Waals surface area contributed by atoms with Gasteiger partial charge in [-0.3, -0.25) is 4.79 Å². The lowest BCUT2D eigenvalue weighted by atomic mass is 10.2. The maximum atomic E-state index is 12.7. The Hall–Kier alpha value is -2.89. The zero-order valence-corrected chi connectivity index (χ0v) is 13.4. The summed E-state index contributed by atoms with van der Waals surface area (Å²) in [5.41, 5.74) is 2.37. The van der Waals surface area contributed by atoms with E-state index in [1.165, 1.54) is 0 Å². The van der Waals surface area contributed by atoms with Gasteiger partial charge in [-0.2, -0.15) is 5.10 Å². The Bertz CT molecular complexity index is 849. The Labute approximate surface area is 139 Å². The quantitative estimate of drug-likeness (QED) is 0.724. The Morgan fingerprint density at radius 2 is 2.12 bits per heavy atom. The number of carbonyl (C=O) groups excluding carboxylic acids is 1. The minimum Gasteiger partial charge on any atom is -0.361 e. The summed E-state index contributed by atoms with van der Waals surface area (Å²) in [5.74, 6) is 0.563. The summed E-state index contributed by atoms with van der Waals surface area (Å²) < 4.78 is 6.86. The number of aryl methyl sites for hydroxylation is 1. The van der Waals surface area contributed by atoms with Crippen LogP contribution in [0.3, 0.4) is 0 Å². The van der Waals surface area contributed by atoms with Crippen LogP contribution in [0.15, 0.2) is 53.3 Å². The van der Waals surface area contributed by atoms with Gasteiger partial charge >= 0.3 is 0 Å². The fourth-order valence-corrected chi connectivity index (χ4v) is 2.73. The lowest BCUT2D eigenvalue weighted by molar-refractivity contribution is 0.0719. The van der Waals surface area contributed by atoms with Gasteiger partial charge in [0.1, 0.15) is 5.76 Å². The molecule has 1 saturated carbocycles. The Morgan fingerprint density at radius 1 is 1.33 bits per heavy atom. The van der Waals surface area contributed by atoms with Crippen LogP contribution in [0.1, 0.15) is 34.7 Å². The fraction of sp³-hybridized carbons (Fsp3) is 0.278. The van der Waals surface area contributed by atoms with E-state index in [1.54, 1.807) is 13.0 Å². The van der Waals surface area contributed by atoms with E-state index in [0.717, 1.165) is 24.1 Å². The second-order valence-corrected chi connectivity index (χ2v) is 6.12. The van der Waals surface area contributed by atoms with E-state index >= 15 is 0 Å². The summed E-state index contributed by atoms with van der Waals surface area (Å²) in [6, 6.07) is 11.9. The third-order valence-electron chi connectivity index (χ3n) is 4.11. The van der Waals surface area contributed by atoms with E-state index < -0.39 is 0 Å². The molecule has 1 fully saturated rings. The molecule has 3 aromatic rings. The van der Waals surface area contributed by atoms with Crippen molar-refractivity contribution in [3.63, 3.8) is 0 Å². The number of benzene rings is 1. The van der Waals surface area contributed by atoms with E-state index in [9.17, 15) is 4.79 Å². The second-order valence-electron chi connectivity index (χ2n) is 6.12. The first kappa shape index (κ1) is 14.7. The lowest BCUT2D eigenvalue weighted by Gasteiger charge is -2.20. The van der Waals surface area contributed by atoms with Crippen molar-refractivity contribution in [1.82, 2.24) is 19.8 Å². The molecule has 2 heterocycles. The largest absolute Gasteiger partial charge is 0.361 e. The van der Waals surface area contributed by atoms with Gasteiger partial charge in [-0.05, 0) is 31.9 Å². The molecule has 0 spiro atoms. The van der Waals surface area contributed by atoms with E-state index in [2.05, 4.69) is 10.3 Å². The second kappa shape index (κ2) is 5.96. The highest BCUT2D eigenvalue weighted by molar-refractivity contribution is 5.92. The molecule has 0 bridgehead atoms. The topological polar surface area (TPSA) is 64.2 Å². The molecule has 0 atom stereocenters. The molecule has 6 nitrogen and oxygen atoms in total. The van der Waals surface area contributed by atoms with Gasteiger partial charge < -0.3 is 9.42 Å². The Kier molecular flexibility index (Phi) is 3.65. The predicted octanol–water partition coefficient (Wildman–Crippen LogP) is 2.97. The van der Waals surface area contributed by atoms with Crippen molar-refractivity contribution in [2.75, 3.05) is 0 Å².